The van der Waals surface area contributed by atoms with Crippen LogP contribution in [0.1, 0.15) is 34.6 Å². The topological polar surface area (TPSA) is 15.3 Å². The minimum atomic E-state index is -0.174. The molecule has 0 heterocycles. The summed E-state index contributed by atoms with van der Waals surface area (Å²) < 4.78 is 13.3. The Bertz CT molecular complexity index is 385. The number of halogens is 1. The number of hydrogen-bond donors (Lipinski definition) is 1. The Kier molecular flexibility index (Phi) is 5.80. The Morgan fingerprint density at radius 2 is 1.95 bits per heavy atom. The van der Waals surface area contributed by atoms with Crippen molar-refractivity contribution in [1.29, 1.82) is 0 Å². The fourth-order valence-corrected chi connectivity index (χ4v) is 2.20. The van der Waals surface area contributed by atoms with Crippen LogP contribution in [0.5, 0.6) is 0 Å². The molecule has 0 saturated heterocycles. The molecule has 1 rings (SSSR count). The third kappa shape index (κ3) is 4.83. The number of hydrogen-bond acceptors (Lipinski definition) is 2. The zero-order valence-electron chi connectivity index (χ0n) is 12.8. The first-order valence-corrected chi connectivity index (χ1v) is 7.12. The van der Waals surface area contributed by atoms with Gasteiger partial charge in [-0.3, -0.25) is 0 Å². The molecule has 0 amide bonds. The highest BCUT2D eigenvalue weighted by Gasteiger charge is 2.25. The van der Waals surface area contributed by atoms with Gasteiger partial charge in [-0.25, -0.2) is 4.39 Å². The van der Waals surface area contributed by atoms with E-state index in [0.29, 0.717) is 6.04 Å². The van der Waals surface area contributed by atoms with Crippen molar-refractivity contribution in [2.45, 2.75) is 40.7 Å². The quantitative estimate of drug-likeness (QED) is 0.845. The molecular weight excluding hydrogens is 239 g/mol. The van der Waals surface area contributed by atoms with E-state index in [1.807, 2.05) is 6.07 Å². The van der Waals surface area contributed by atoms with Crippen LogP contribution in [0.2, 0.25) is 0 Å². The van der Waals surface area contributed by atoms with Gasteiger partial charge in [0, 0.05) is 24.8 Å². The second-order valence-electron chi connectivity index (χ2n) is 5.99. The lowest BCUT2D eigenvalue weighted by molar-refractivity contribution is 0.274. The molecule has 19 heavy (non-hydrogen) atoms. The maximum absolute atomic E-state index is 13.3. The number of likely N-dealkylation sites (N-methyl/N-ethyl adjacent to an activating group) is 2. The maximum Gasteiger partial charge on any atom is 0.125 e. The van der Waals surface area contributed by atoms with Gasteiger partial charge in [0.2, 0.25) is 0 Å². The van der Waals surface area contributed by atoms with Gasteiger partial charge in [-0.2, -0.15) is 0 Å². The van der Waals surface area contributed by atoms with E-state index < -0.39 is 0 Å². The fourth-order valence-electron chi connectivity index (χ4n) is 2.20. The Labute approximate surface area is 117 Å². The highest BCUT2D eigenvalue weighted by molar-refractivity contribution is 5.46. The van der Waals surface area contributed by atoms with E-state index in [0.717, 1.165) is 25.3 Å². The highest BCUT2D eigenvalue weighted by Crippen LogP contribution is 2.23. The third-order valence-corrected chi connectivity index (χ3v) is 3.45. The third-order valence-electron chi connectivity index (χ3n) is 3.45. The smallest absolute Gasteiger partial charge is 0.125 e. The molecule has 1 aromatic rings. The van der Waals surface area contributed by atoms with Gasteiger partial charge in [0.05, 0.1) is 0 Å². The van der Waals surface area contributed by atoms with E-state index in [9.17, 15) is 4.39 Å². The van der Waals surface area contributed by atoms with Crippen LogP contribution in [-0.2, 0) is 0 Å². The second-order valence-corrected chi connectivity index (χ2v) is 5.99. The number of nitrogens with zero attached hydrogens (tertiary/aromatic N) is 1. The van der Waals surface area contributed by atoms with Crippen molar-refractivity contribution < 1.29 is 4.39 Å². The van der Waals surface area contributed by atoms with Crippen molar-refractivity contribution >= 4 is 5.69 Å². The minimum Gasteiger partial charge on any atom is -0.370 e. The molecule has 0 aromatic heterocycles. The Balaban J connectivity index is 2.85. The zero-order chi connectivity index (χ0) is 14.5. The summed E-state index contributed by atoms with van der Waals surface area (Å²) in [5, 5.41) is 3.54. The molecule has 0 saturated carbocycles. The second kappa shape index (κ2) is 6.90. The van der Waals surface area contributed by atoms with Gasteiger partial charge in [0.25, 0.3) is 0 Å². The monoisotopic (exact) mass is 266 g/mol. The van der Waals surface area contributed by atoms with Crippen LogP contribution < -0.4 is 10.2 Å². The van der Waals surface area contributed by atoms with Crippen molar-refractivity contribution in [2.24, 2.45) is 5.41 Å². The molecule has 0 radical (unpaired) electrons. The Hall–Kier alpha value is -1.09. The van der Waals surface area contributed by atoms with Crippen LogP contribution in [0.3, 0.4) is 0 Å². The lowest BCUT2D eigenvalue weighted by Gasteiger charge is -2.36. The molecule has 0 aliphatic carbocycles. The first kappa shape index (κ1) is 16.0. The first-order valence-electron chi connectivity index (χ1n) is 7.12. The van der Waals surface area contributed by atoms with Gasteiger partial charge in [0.1, 0.15) is 5.82 Å². The summed E-state index contributed by atoms with van der Waals surface area (Å²) in [5.41, 5.74) is 1.13. The Morgan fingerprint density at radius 1 is 1.26 bits per heavy atom. The lowest BCUT2D eigenvalue weighted by Crippen LogP contribution is -2.48. The van der Waals surface area contributed by atoms with Gasteiger partial charge < -0.3 is 10.2 Å². The zero-order valence-corrected chi connectivity index (χ0v) is 12.8. The largest absolute Gasteiger partial charge is 0.370 e. The summed E-state index contributed by atoms with van der Waals surface area (Å²) in [7, 11) is 0. The van der Waals surface area contributed by atoms with E-state index >= 15 is 0 Å². The number of benzene rings is 1. The first-order chi connectivity index (χ1) is 8.88. The van der Waals surface area contributed by atoms with Crippen LogP contribution >= 0.6 is 0 Å². The molecule has 1 atom stereocenters. The standard InChI is InChI=1S/C16H27FN2/c1-6-18-15(16(3,4)5)12-19(7-2)14-10-8-9-13(17)11-14/h8-11,15,18H,6-7,12H2,1-5H3. The molecular formula is C16H27FN2. The Morgan fingerprint density at radius 3 is 2.42 bits per heavy atom. The molecule has 1 aromatic carbocycles. The summed E-state index contributed by atoms with van der Waals surface area (Å²) in [6, 6.07) is 7.21. The predicted octanol–water partition coefficient (Wildman–Crippen LogP) is 3.68. The van der Waals surface area contributed by atoms with E-state index in [2.05, 4.69) is 44.8 Å². The molecule has 108 valence electrons. The van der Waals surface area contributed by atoms with E-state index in [1.165, 1.54) is 6.07 Å². The van der Waals surface area contributed by atoms with E-state index in [-0.39, 0.29) is 11.2 Å². The van der Waals surface area contributed by atoms with Gasteiger partial charge in [-0.15, -0.1) is 0 Å². The molecule has 2 nitrogen and oxygen atoms in total. The average Bonchev–Trinajstić information content (AvgIpc) is 2.33. The molecule has 0 aliphatic rings. The average molecular weight is 266 g/mol. The molecule has 3 heteroatoms. The number of anilines is 1. The fraction of sp³-hybridized carbons (Fsp3) is 0.625. The summed E-state index contributed by atoms with van der Waals surface area (Å²) in [6.07, 6.45) is 0. The molecule has 0 fully saturated rings. The summed E-state index contributed by atoms with van der Waals surface area (Å²) in [6.45, 7) is 13.6. The van der Waals surface area contributed by atoms with Crippen LogP contribution in [0.15, 0.2) is 24.3 Å². The molecule has 0 aliphatic heterocycles. The highest BCUT2D eigenvalue weighted by atomic mass is 19.1. The van der Waals surface area contributed by atoms with Gasteiger partial charge in [0.15, 0.2) is 0 Å². The van der Waals surface area contributed by atoms with Crippen molar-refractivity contribution in [2.75, 3.05) is 24.5 Å². The number of rotatable bonds is 6. The molecule has 0 spiro atoms. The van der Waals surface area contributed by atoms with Crippen LogP contribution in [0.25, 0.3) is 0 Å². The van der Waals surface area contributed by atoms with Crippen molar-refractivity contribution in [1.82, 2.24) is 5.32 Å². The van der Waals surface area contributed by atoms with Crippen molar-refractivity contribution in [3.63, 3.8) is 0 Å². The normalized spacial score (nSPS) is 13.4. The van der Waals surface area contributed by atoms with Gasteiger partial charge in [-0.05, 0) is 37.1 Å². The van der Waals surface area contributed by atoms with Crippen molar-refractivity contribution in [3.8, 4) is 0 Å². The van der Waals surface area contributed by atoms with Gasteiger partial charge >= 0.3 is 0 Å². The summed E-state index contributed by atoms with van der Waals surface area (Å²) >= 11 is 0. The molecule has 1 unspecified atom stereocenters. The number of nitrogens with one attached hydrogen (secondary N) is 1. The minimum absolute atomic E-state index is 0.174. The van der Waals surface area contributed by atoms with Crippen LogP contribution in [0, 0.1) is 11.2 Å². The molecule has 0 bridgehead atoms. The van der Waals surface area contributed by atoms with Gasteiger partial charge in [-0.1, -0.05) is 33.8 Å². The van der Waals surface area contributed by atoms with Crippen molar-refractivity contribution in [3.05, 3.63) is 30.1 Å². The molecule has 1 N–H and O–H groups in total. The van der Waals surface area contributed by atoms with Crippen LogP contribution in [-0.4, -0.2) is 25.7 Å². The maximum atomic E-state index is 13.3. The predicted molar refractivity (Wildman–Crippen MR) is 81.2 cm³/mol. The summed E-state index contributed by atoms with van der Waals surface area (Å²) in [4.78, 5) is 2.22. The lowest BCUT2D eigenvalue weighted by atomic mass is 9.86. The van der Waals surface area contributed by atoms with E-state index in [1.54, 1.807) is 12.1 Å². The summed E-state index contributed by atoms with van der Waals surface area (Å²) in [5.74, 6) is -0.174. The SMILES string of the molecule is CCNC(CN(CC)c1cccc(F)c1)C(C)(C)C. The van der Waals surface area contributed by atoms with E-state index in [4.69, 9.17) is 0 Å². The van der Waals surface area contributed by atoms with Crippen LogP contribution in [0.4, 0.5) is 10.1 Å².